The zero-order valence-electron chi connectivity index (χ0n) is 17.6. The molecular formula is C22H30ClN5O2. The number of anilines is 2. The molecule has 1 saturated heterocycles. The molecule has 0 amide bonds. The minimum atomic E-state index is 0.368. The molecule has 162 valence electrons. The molecule has 0 saturated carbocycles. The van der Waals surface area contributed by atoms with Gasteiger partial charge in [0.25, 0.3) is 0 Å². The zero-order valence-corrected chi connectivity index (χ0v) is 18.4. The van der Waals surface area contributed by atoms with E-state index in [-0.39, 0.29) is 0 Å². The van der Waals surface area contributed by atoms with Crippen molar-refractivity contribution in [2.24, 2.45) is 10.7 Å². The lowest BCUT2D eigenvalue weighted by molar-refractivity contribution is 0.256. The number of hydrogen-bond donors (Lipinski definition) is 2. The smallest absolute Gasteiger partial charge is 0.193 e. The molecule has 1 heterocycles. The summed E-state index contributed by atoms with van der Waals surface area (Å²) in [6.45, 7) is 5.74. The number of nitrogens with one attached hydrogen (secondary N) is 1. The average Bonchev–Trinajstić information content (AvgIpc) is 2.77. The first-order valence-corrected chi connectivity index (χ1v) is 10.5. The maximum atomic E-state index is 6.11. The first-order chi connectivity index (χ1) is 14.6. The van der Waals surface area contributed by atoms with Crippen molar-refractivity contribution in [2.75, 3.05) is 63.7 Å². The second-order valence-corrected chi connectivity index (χ2v) is 7.56. The second-order valence-electron chi connectivity index (χ2n) is 7.12. The Labute approximate surface area is 183 Å². The van der Waals surface area contributed by atoms with Crippen molar-refractivity contribution in [3.8, 4) is 11.5 Å². The van der Waals surface area contributed by atoms with Gasteiger partial charge in [-0.1, -0.05) is 17.7 Å². The molecule has 3 rings (SSSR count). The number of guanidine groups is 1. The van der Waals surface area contributed by atoms with E-state index in [0.29, 0.717) is 18.3 Å². The molecule has 0 radical (unpaired) electrons. The van der Waals surface area contributed by atoms with Gasteiger partial charge in [-0.05, 0) is 36.8 Å². The Bertz CT molecular complexity index is 853. The molecule has 7 nitrogen and oxygen atoms in total. The first kappa shape index (κ1) is 22.1. The summed E-state index contributed by atoms with van der Waals surface area (Å²) in [4.78, 5) is 9.28. The number of methoxy groups -OCH3 is 2. The van der Waals surface area contributed by atoms with Gasteiger partial charge >= 0.3 is 0 Å². The predicted octanol–water partition coefficient (Wildman–Crippen LogP) is 3.30. The van der Waals surface area contributed by atoms with E-state index in [1.165, 1.54) is 5.69 Å². The maximum Gasteiger partial charge on any atom is 0.193 e. The minimum absolute atomic E-state index is 0.368. The molecule has 0 spiro atoms. The van der Waals surface area contributed by atoms with Gasteiger partial charge in [-0.15, -0.1) is 0 Å². The highest BCUT2D eigenvalue weighted by atomic mass is 35.5. The average molecular weight is 432 g/mol. The molecule has 0 atom stereocenters. The van der Waals surface area contributed by atoms with Crippen LogP contribution in [0.2, 0.25) is 5.02 Å². The number of benzene rings is 2. The number of halogens is 1. The predicted molar refractivity (Wildman–Crippen MR) is 124 cm³/mol. The topological polar surface area (TPSA) is 75.3 Å². The summed E-state index contributed by atoms with van der Waals surface area (Å²) in [5.74, 6) is 1.78. The van der Waals surface area contributed by atoms with Crippen LogP contribution >= 0.6 is 11.6 Å². The fourth-order valence-electron chi connectivity index (χ4n) is 3.49. The van der Waals surface area contributed by atoms with E-state index in [1.54, 1.807) is 14.2 Å². The summed E-state index contributed by atoms with van der Waals surface area (Å²) in [6, 6.07) is 13.6. The van der Waals surface area contributed by atoms with Gasteiger partial charge in [0.05, 0.1) is 19.9 Å². The quantitative estimate of drug-likeness (QED) is 0.379. The van der Waals surface area contributed by atoms with Crippen LogP contribution < -0.4 is 25.4 Å². The van der Waals surface area contributed by atoms with Crippen molar-refractivity contribution < 1.29 is 9.47 Å². The molecule has 3 N–H and O–H groups in total. The summed E-state index contributed by atoms with van der Waals surface area (Å²) < 4.78 is 10.6. The van der Waals surface area contributed by atoms with Gasteiger partial charge in [0.2, 0.25) is 0 Å². The number of ether oxygens (including phenoxy) is 2. The molecule has 2 aromatic rings. The van der Waals surface area contributed by atoms with Gasteiger partial charge in [-0.2, -0.15) is 0 Å². The summed E-state index contributed by atoms with van der Waals surface area (Å²) in [7, 11) is 3.24. The van der Waals surface area contributed by atoms with Crippen LogP contribution in [-0.2, 0) is 0 Å². The Balaban J connectivity index is 1.41. The molecule has 0 aromatic heterocycles. The number of rotatable bonds is 8. The highest BCUT2D eigenvalue weighted by Gasteiger charge is 2.16. The third-order valence-electron chi connectivity index (χ3n) is 5.13. The molecule has 0 unspecified atom stereocenters. The van der Waals surface area contributed by atoms with E-state index in [1.807, 2.05) is 36.4 Å². The molecule has 0 bridgehead atoms. The number of nitrogens with zero attached hydrogens (tertiary/aromatic N) is 3. The molecule has 1 aliphatic rings. The Morgan fingerprint density at radius 1 is 1.10 bits per heavy atom. The van der Waals surface area contributed by atoms with Crippen molar-refractivity contribution in [1.82, 2.24) is 4.90 Å². The Kier molecular flexibility index (Phi) is 8.04. The highest BCUT2D eigenvalue weighted by molar-refractivity contribution is 6.30. The largest absolute Gasteiger partial charge is 0.497 e. The van der Waals surface area contributed by atoms with Gasteiger partial charge < -0.3 is 25.4 Å². The molecule has 1 aliphatic heterocycles. The first-order valence-electron chi connectivity index (χ1n) is 10.1. The Morgan fingerprint density at radius 2 is 1.90 bits per heavy atom. The summed E-state index contributed by atoms with van der Waals surface area (Å²) in [5.41, 5.74) is 7.97. The van der Waals surface area contributed by atoms with Gasteiger partial charge in [0.1, 0.15) is 11.5 Å². The van der Waals surface area contributed by atoms with Crippen LogP contribution in [0.1, 0.15) is 6.42 Å². The Morgan fingerprint density at radius 3 is 2.60 bits per heavy atom. The molecule has 30 heavy (non-hydrogen) atoms. The lowest BCUT2D eigenvalue weighted by Crippen LogP contribution is -2.46. The summed E-state index contributed by atoms with van der Waals surface area (Å²) >= 11 is 6.11. The number of nitrogens with two attached hydrogens (primary N) is 1. The van der Waals surface area contributed by atoms with E-state index < -0.39 is 0 Å². The fourth-order valence-corrected chi connectivity index (χ4v) is 3.67. The SMILES string of the molecule is COc1ccc(OC)c(NC(N)=NCCCN2CCN(c3cccc(Cl)c3)CC2)c1. The van der Waals surface area contributed by atoms with Crippen molar-refractivity contribution in [1.29, 1.82) is 0 Å². The van der Waals surface area contributed by atoms with Crippen LogP contribution in [0.3, 0.4) is 0 Å². The molecule has 8 heteroatoms. The van der Waals surface area contributed by atoms with E-state index >= 15 is 0 Å². The van der Waals surface area contributed by atoms with Crippen LogP contribution in [0, 0.1) is 0 Å². The second kappa shape index (κ2) is 10.9. The van der Waals surface area contributed by atoms with Crippen LogP contribution in [0.5, 0.6) is 11.5 Å². The van der Waals surface area contributed by atoms with Crippen molar-refractivity contribution >= 4 is 28.9 Å². The van der Waals surface area contributed by atoms with Crippen molar-refractivity contribution in [3.63, 3.8) is 0 Å². The van der Waals surface area contributed by atoms with Crippen LogP contribution in [0.4, 0.5) is 11.4 Å². The third kappa shape index (κ3) is 6.18. The lowest BCUT2D eigenvalue weighted by Gasteiger charge is -2.36. The summed E-state index contributed by atoms with van der Waals surface area (Å²) in [6.07, 6.45) is 0.953. The lowest BCUT2D eigenvalue weighted by atomic mass is 10.2. The maximum absolute atomic E-state index is 6.11. The number of hydrogen-bond acceptors (Lipinski definition) is 5. The van der Waals surface area contributed by atoms with Gasteiger partial charge in [-0.25, -0.2) is 0 Å². The third-order valence-corrected chi connectivity index (χ3v) is 5.36. The molecule has 1 fully saturated rings. The highest BCUT2D eigenvalue weighted by Crippen LogP contribution is 2.28. The number of aliphatic imine (C=N–C) groups is 1. The van der Waals surface area contributed by atoms with Gasteiger partial charge in [0, 0.05) is 56.0 Å². The number of piperazine rings is 1. The van der Waals surface area contributed by atoms with Gasteiger partial charge in [-0.3, -0.25) is 9.89 Å². The fraction of sp³-hybridized carbons (Fsp3) is 0.409. The van der Waals surface area contributed by atoms with Gasteiger partial charge in [0.15, 0.2) is 5.96 Å². The molecular weight excluding hydrogens is 402 g/mol. The standard InChI is InChI=1S/C22H30ClN5O2/c1-29-19-7-8-21(30-2)20(16-19)26-22(24)25-9-4-10-27-11-13-28(14-12-27)18-6-3-5-17(23)15-18/h3,5-8,15-16H,4,9-14H2,1-2H3,(H3,24,25,26). The van der Waals surface area contributed by atoms with E-state index in [0.717, 1.165) is 55.6 Å². The zero-order chi connectivity index (χ0) is 21.3. The van der Waals surface area contributed by atoms with Crippen molar-refractivity contribution in [3.05, 3.63) is 47.5 Å². The Hall–Kier alpha value is -2.64. The van der Waals surface area contributed by atoms with Crippen molar-refractivity contribution in [2.45, 2.75) is 6.42 Å². The van der Waals surface area contributed by atoms with E-state index in [9.17, 15) is 0 Å². The van der Waals surface area contributed by atoms with E-state index in [4.69, 9.17) is 26.8 Å². The molecule has 2 aromatic carbocycles. The van der Waals surface area contributed by atoms with Crippen LogP contribution in [0.25, 0.3) is 0 Å². The van der Waals surface area contributed by atoms with Crippen LogP contribution in [-0.4, -0.2) is 64.3 Å². The molecule has 0 aliphatic carbocycles. The monoisotopic (exact) mass is 431 g/mol. The van der Waals surface area contributed by atoms with Crippen LogP contribution in [0.15, 0.2) is 47.5 Å². The minimum Gasteiger partial charge on any atom is -0.497 e. The van der Waals surface area contributed by atoms with E-state index in [2.05, 4.69) is 26.2 Å². The normalized spacial score (nSPS) is 15.2. The summed E-state index contributed by atoms with van der Waals surface area (Å²) in [5, 5.41) is 3.88.